The summed E-state index contributed by atoms with van der Waals surface area (Å²) < 4.78 is 5.31. The maximum Gasteiger partial charge on any atom is 0.271 e. The van der Waals surface area contributed by atoms with Gasteiger partial charge >= 0.3 is 0 Å². The molecule has 3 aliphatic rings. The number of amides is 2. The molecule has 2 amide bonds. The van der Waals surface area contributed by atoms with Crippen molar-refractivity contribution in [1.82, 2.24) is 4.90 Å². The predicted molar refractivity (Wildman–Crippen MR) is 118 cm³/mol. The van der Waals surface area contributed by atoms with E-state index in [1.807, 2.05) is 24.0 Å². The second-order valence-electron chi connectivity index (χ2n) is 8.80. The van der Waals surface area contributed by atoms with Gasteiger partial charge in [0.1, 0.15) is 11.4 Å². The van der Waals surface area contributed by atoms with E-state index in [0.717, 1.165) is 23.3 Å². The summed E-state index contributed by atoms with van der Waals surface area (Å²) in [6.45, 7) is 2.58. The molecule has 0 bridgehead atoms. The Bertz CT molecular complexity index is 1180. The number of benzene rings is 2. The smallest absolute Gasteiger partial charge is 0.271 e. The molecule has 0 N–H and O–H groups in total. The summed E-state index contributed by atoms with van der Waals surface area (Å²) in [4.78, 5) is 54.6. The molecule has 3 saturated heterocycles. The topological polar surface area (TPSA) is 110 Å². The third-order valence-corrected chi connectivity index (χ3v) is 7.07. The van der Waals surface area contributed by atoms with Crippen molar-refractivity contribution < 1.29 is 24.0 Å². The van der Waals surface area contributed by atoms with Gasteiger partial charge < -0.3 is 4.74 Å². The fourth-order valence-electron chi connectivity index (χ4n) is 5.61. The fourth-order valence-corrected chi connectivity index (χ4v) is 5.61. The zero-order valence-corrected chi connectivity index (χ0v) is 18.3. The highest BCUT2D eigenvalue weighted by atomic mass is 16.6. The maximum atomic E-state index is 13.7. The molecule has 5 rings (SSSR count). The number of ether oxygens (including phenoxy) is 1. The summed E-state index contributed by atoms with van der Waals surface area (Å²) >= 11 is 0. The monoisotopic (exact) mass is 449 g/mol. The van der Waals surface area contributed by atoms with Gasteiger partial charge in [0.15, 0.2) is 5.78 Å². The summed E-state index contributed by atoms with van der Waals surface area (Å²) in [6.07, 6.45) is 1.56. The first-order valence-corrected chi connectivity index (χ1v) is 10.9. The van der Waals surface area contributed by atoms with Crippen molar-refractivity contribution in [2.45, 2.75) is 31.8 Å². The fraction of sp³-hybridized carbons (Fsp3) is 0.375. The minimum Gasteiger partial charge on any atom is -0.495 e. The molecule has 3 fully saturated rings. The predicted octanol–water partition coefficient (Wildman–Crippen LogP) is 2.75. The molecule has 2 aromatic carbocycles. The lowest BCUT2D eigenvalue weighted by molar-refractivity contribution is -0.384. The molecule has 3 aliphatic heterocycles. The number of aryl methyl sites for hydroxylation is 1. The van der Waals surface area contributed by atoms with Crippen molar-refractivity contribution in [3.05, 3.63) is 63.7 Å². The summed E-state index contributed by atoms with van der Waals surface area (Å²) in [5, 5.41) is 11.3. The number of anilines is 1. The molecule has 170 valence electrons. The van der Waals surface area contributed by atoms with Gasteiger partial charge in [0.2, 0.25) is 11.8 Å². The van der Waals surface area contributed by atoms with Crippen LogP contribution in [0.4, 0.5) is 11.4 Å². The van der Waals surface area contributed by atoms with Gasteiger partial charge in [-0.3, -0.25) is 29.4 Å². The first-order chi connectivity index (χ1) is 15.8. The lowest BCUT2D eigenvalue weighted by Gasteiger charge is -2.28. The van der Waals surface area contributed by atoms with Crippen LogP contribution < -0.4 is 9.64 Å². The number of nitro groups is 1. The SMILES string of the molecule is COc1ccc([N+](=O)[O-])cc1N1C(=O)[C@@H]2[C@H](C1=O)[C@H](C(=O)c1ccc(C)cc1)N1CCC[C@@H]21. The van der Waals surface area contributed by atoms with Crippen molar-refractivity contribution in [2.75, 3.05) is 18.6 Å². The zero-order valence-electron chi connectivity index (χ0n) is 18.3. The average molecular weight is 449 g/mol. The third-order valence-electron chi connectivity index (χ3n) is 7.07. The Morgan fingerprint density at radius 1 is 1.09 bits per heavy atom. The molecule has 0 radical (unpaired) electrons. The number of hydrogen-bond donors (Lipinski definition) is 0. The Morgan fingerprint density at radius 3 is 2.45 bits per heavy atom. The van der Waals surface area contributed by atoms with Crippen molar-refractivity contribution >= 4 is 29.0 Å². The number of nitrogens with zero attached hydrogens (tertiary/aromatic N) is 3. The van der Waals surface area contributed by atoms with Crippen LogP contribution >= 0.6 is 0 Å². The summed E-state index contributed by atoms with van der Waals surface area (Å²) in [5.74, 6) is -2.43. The van der Waals surface area contributed by atoms with Crippen LogP contribution in [0, 0.1) is 28.9 Å². The van der Waals surface area contributed by atoms with E-state index in [4.69, 9.17) is 4.74 Å². The second kappa shape index (κ2) is 7.77. The number of hydrogen-bond acceptors (Lipinski definition) is 7. The first kappa shape index (κ1) is 21.3. The minimum absolute atomic E-state index is 0.0437. The van der Waals surface area contributed by atoms with Crippen LogP contribution in [0.15, 0.2) is 42.5 Å². The number of carbonyl (C=O) groups is 3. The van der Waals surface area contributed by atoms with E-state index in [2.05, 4.69) is 0 Å². The number of non-ortho nitro benzene ring substituents is 1. The molecule has 33 heavy (non-hydrogen) atoms. The van der Waals surface area contributed by atoms with E-state index < -0.39 is 34.6 Å². The van der Waals surface area contributed by atoms with Crippen LogP contribution in [0.5, 0.6) is 5.75 Å². The summed E-state index contributed by atoms with van der Waals surface area (Å²) in [7, 11) is 1.37. The average Bonchev–Trinajstić information content (AvgIpc) is 3.45. The molecule has 0 aliphatic carbocycles. The van der Waals surface area contributed by atoms with Crippen LogP contribution in [-0.4, -0.2) is 53.2 Å². The van der Waals surface area contributed by atoms with Crippen LogP contribution in [0.25, 0.3) is 0 Å². The lowest BCUT2D eigenvalue weighted by atomic mass is 9.85. The molecule has 3 heterocycles. The number of Topliss-reactive ketones (excluding diaryl/α,β-unsaturated/α-hetero) is 1. The molecule has 0 unspecified atom stereocenters. The van der Waals surface area contributed by atoms with Crippen molar-refractivity contribution in [1.29, 1.82) is 0 Å². The third kappa shape index (κ3) is 3.14. The first-order valence-electron chi connectivity index (χ1n) is 10.9. The molecule has 9 heteroatoms. The minimum atomic E-state index is -0.833. The van der Waals surface area contributed by atoms with Crippen LogP contribution in [-0.2, 0) is 9.59 Å². The van der Waals surface area contributed by atoms with Gasteiger partial charge in [-0.05, 0) is 32.4 Å². The number of carbonyl (C=O) groups excluding carboxylic acids is 3. The number of rotatable bonds is 5. The molecule has 4 atom stereocenters. The normalized spacial score (nSPS) is 26.4. The Morgan fingerprint density at radius 2 is 1.79 bits per heavy atom. The van der Waals surface area contributed by atoms with Crippen molar-refractivity contribution in [2.24, 2.45) is 11.8 Å². The van der Waals surface area contributed by atoms with E-state index in [0.29, 0.717) is 12.1 Å². The highest BCUT2D eigenvalue weighted by molar-refractivity contribution is 6.25. The van der Waals surface area contributed by atoms with Crippen molar-refractivity contribution in [3.8, 4) is 5.75 Å². The quantitative estimate of drug-likeness (QED) is 0.299. The van der Waals surface area contributed by atoms with Crippen LogP contribution in [0.2, 0.25) is 0 Å². The molecular weight excluding hydrogens is 426 g/mol. The maximum absolute atomic E-state index is 13.7. The van der Waals surface area contributed by atoms with E-state index in [9.17, 15) is 24.5 Å². The van der Waals surface area contributed by atoms with Gasteiger partial charge in [-0.2, -0.15) is 0 Å². The molecule has 0 saturated carbocycles. The number of fused-ring (bicyclic) bond motifs is 3. The summed E-state index contributed by atoms with van der Waals surface area (Å²) in [5.41, 5.74) is 1.31. The zero-order chi connectivity index (χ0) is 23.4. The Balaban J connectivity index is 1.58. The number of ketones is 1. The van der Waals surface area contributed by atoms with Gasteiger partial charge in [-0.1, -0.05) is 29.8 Å². The van der Waals surface area contributed by atoms with Crippen molar-refractivity contribution in [3.63, 3.8) is 0 Å². The second-order valence-corrected chi connectivity index (χ2v) is 8.80. The largest absolute Gasteiger partial charge is 0.495 e. The molecule has 0 aromatic heterocycles. The van der Waals surface area contributed by atoms with Gasteiger partial charge in [-0.25, -0.2) is 4.90 Å². The van der Waals surface area contributed by atoms with Crippen LogP contribution in [0.1, 0.15) is 28.8 Å². The molecule has 2 aromatic rings. The van der Waals surface area contributed by atoms with Gasteiger partial charge in [0, 0.05) is 23.7 Å². The molecule has 0 spiro atoms. The van der Waals surface area contributed by atoms with E-state index in [1.54, 1.807) is 12.1 Å². The van der Waals surface area contributed by atoms with Gasteiger partial charge in [0.25, 0.3) is 5.69 Å². The number of imide groups is 1. The van der Waals surface area contributed by atoms with E-state index in [1.165, 1.54) is 25.3 Å². The highest BCUT2D eigenvalue weighted by Crippen LogP contribution is 2.50. The number of methoxy groups -OCH3 is 1. The molecule has 9 nitrogen and oxygen atoms in total. The number of nitro benzene ring substituents is 1. The molecular formula is C24H23N3O6. The van der Waals surface area contributed by atoms with E-state index in [-0.39, 0.29) is 28.9 Å². The Hall–Kier alpha value is -3.59. The van der Waals surface area contributed by atoms with Gasteiger partial charge in [-0.15, -0.1) is 0 Å². The lowest BCUT2D eigenvalue weighted by Crippen LogP contribution is -2.46. The van der Waals surface area contributed by atoms with Crippen LogP contribution in [0.3, 0.4) is 0 Å². The standard InChI is InChI=1S/C24H23N3O6/c1-13-5-7-14(8-6-13)22(28)21-20-19(16-4-3-11-25(16)21)23(29)26(24(20)30)17-12-15(27(31)32)9-10-18(17)33-2/h5-10,12,16,19-21H,3-4,11H2,1-2H3/t16-,19-,20-,21+/m0/s1. The van der Waals surface area contributed by atoms with Gasteiger partial charge in [0.05, 0.1) is 29.9 Å². The summed E-state index contributed by atoms with van der Waals surface area (Å²) in [6, 6.07) is 10.1. The Kier molecular flexibility index (Phi) is 5.01. The van der Waals surface area contributed by atoms with E-state index >= 15 is 0 Å². The Labute approximate surface area is 190 Å². The highest BCUT2D eigenvalue weighted by Gasteiger charge is 2.65.